The van der Waals surface area contributed by atoms with E-state index in [0.717, 1.165) is 5.56 Å². The minimum Gasteiger partial charge on any atom is -0.416 e. The molecule has 0 atom stereocenters. The number of benzene rings is 2. The monoisotopic (exact) mass is 305 g/mol. The van der Waals surface area contributed by atoms with Crippen LogP contribution in [0, 0.1) is 0 Å². The average Bonchev–Trinajstić information content (AvgIpc) is 2.89. The van der Waals surface area contributed by atoms with Gasteiger partial charge in [0.1, 0.15) is 0 Å². The molecule has 0 unspecified atom stereocenters. The van der Waals surface area contributed by atoms with Gasteiger partial charge in [0, 0.05) is 11.3 Å². The van der Waals surface area contributed by atoms with Crippen molar-refractivity contribution in [2.45, 2.75) is 0 Å². The number of rotatable bonds is 2. The predicted molar refractivity (Wildman–Crippen MR) is 79.6 cm³/mol. The SMILES string of the molecule is Nc1ccc(-c2nnc(-c3c(Cl)cccc3Cl)o2)cc1. The van der Waals surface area contributed by atoms with Gasteiger partial charge in [0.2, 0.25) is 5.89 Å². The zero-order valence-electron chi connectivity index (χ0n) is 10.2. The van der Waals surface area contributed by atoms with Crippen LogP contribution in [0.3, 0.4) is 0 Å². The Balaban J connectivity index is 2.04. The Hall–Kier alpha value is -2.04. The van der Waals surface area contributed by atoms with Crippen molar-refractivity contribution in [3.05, 3.63) is 52.5 Å². The molecule has 6 heteroatoms. The van der Waals surface area contributed by atoms with Crippen LogP contribution in [0.25, 0.3) is 22.9 Å². The summed E-state index contributed by atoms with van der Waals surface area (Å²) in [6.45, 7) is 0. The Kier molecular flexibility index (Phi) is 3.34. The molecule has 100 valence electrons. The van der Waals surface area contributed by atoms with E-state index in [1.807, 2.05) is 0 Å². The fourth-order valence-corrected chi connectivity index (χ4v) is 2.33. The second kappa shape index (κ2) is 5.15. The Labute approximate surface area is 125 Å². The Morgan fingerprint density at radius 3 is 2.10 bits per heavy atom. The van der Waals surface area contributed by atoms with Gasteiger partial charge in [0.05, 0.1) is 15.6 Å². The molecule has 0 spiro atoms. The molecule has 1 aromatic heterocycles. The zero-order valence-corrected chi connectivity index (χ0v) is 11.7. The molecule has 2 aromatic carbocycles. The Bertz CT molecular complexity index is 733. The third kappa shape index (κ3) is 2.35. The van der Waals surface area contributed by atoms with Gasteiger partial charge in [-0.3, -0.25) is 0 Å². The molecule has 0 amide bonds. The van der Waals surface area contributed by atoms with Gasteiger partial charge < -0.3 is 10.2 Å². The molecule has 3 aromatic rings. The van der Waals surface area contributed by atoms with Gasteiger partial charge in [-0.25, -0.2) is 0 Å². The van der Waals surface area contributed by atoms with E-state index < -0.39 is 0 Å². The van der Waals surface area contributed by atoms with Gasteiger partial charge in [0.25, 0.3) is 5.89 Å². The molecule has 0 fully saturated rings. The van der Waals surface area contributed by atoms with Gasteiger partial charge in [-0.05, 0) is 36.4 Å². The zero-order chi connectivity index (χ0) is 14.1. The lowest BCUT2D eigenvalue weighted by Gasteiger charge is -2.01. The summed E-state index contributed by atoms with van der Waals surface area (Å²) in [5, 5.41) is 8.92. The van der Waals surface area contributed by atoms with Gasteiger partial charge in [-0.1, -0.05) is 29.3 Å². The number of halogens is 2. The molecule has 0 saturated heterocycles. The molecular weight excluding hydrogens is 297 g/mol. The van der Waals surface area contributed by atoms with E-state index in [0.29, 0.717) is 27.2 Å². The first kappa shape index (κ1) is 13.0. The normalized spacial score (nSPS) is 10.7. The van der Waals surface area contributed by atoms with Crippen LogP contribution in [0.4, 0.5) is 5.69 Å². The van der Waals surface area contributed by atoms with Crippen molar-refractivity contribution in [3.8, 4) is 22.9 Å². The average molecular weight is 306 g/mol. The number of nitrogens with two attached hydrogens (primary N) is 1. The molecule has 4 nitrogen and oxygen atoms in total. The van der Waals surface area contributed by atoms with E-state index >= 15 is 0 Å². The lowest BCUT2D eigenvalue weighted by molar-refractivity contribution is 0.584. The van der Waals surface area contributed by atoms with Crippen LogP contribution in [-0.4, -0.2) is 10.2 Å². The lowest BCUT2D eigenvalue weighted by Crippen LogP contribution is -1.83. The van der Waals surface area contributed by atoms with Gasteiger partial charge >= 0.3 is 0 Å². The van der Waals surface area contributed by atoms with E-state index in [4.69, 9.17) is 33.4 Å². The topological polar surface area (TPSA) is 64.9 Å². The fraction of sp³-hybridized carbons (Fsp3) is 0. The smallest absolute Gasteiger partial charge is 0.251 e. The number of nitrogens with zero attached hydrogens (tertiary/aromatic N) is 2. The van der Waals surface area contributed by atoms with E-state index in [9.17, 15) is 0 Å². The highest BCUT2D eigenvalue weighted by Crippen LogP contribution is 2.34. The van der Waals surface area contributed by atoms with Crippen LogP contribution in [0.15, 0.2) is 46.9 Å². The Morgan fingerprint density at radius 2 is 1.45 bits per heavy atom. The summed E-state index contributed by atoms with van der Waals surface area (Å²) in [4.78, 5) is 0. The first-order valence-electron chi connectivity index (χ1n) is 5.79. The second-order valence-electron chi connectivity index (χ2n) is 4.13. The van der Waals surface area contributed by atoms with Crippen LogP contribution in [0.2, 0.25) is 10.0 Å². The number of hydrogen-bond donors (Lipinski definition) is 1. The first-order valence-corrected chi connectivity index (χ1v) is 6.54. The van der Waals surface area contributed by atoms with E-state index in [1.165, 1.54) is 0 Å². The maximum atomic E-state index is 6.11. The molecule has 0 aliphatic carbocycles. The first-order chi connectivity index (χ1) is 9.65. The highest BCUT2D eigenvalue weighted by atomic mass is 35.5. The predicted octanol–water partition coefficient (Wildman–Crippen LogP) is 4.29. The lowest BCUT2D eigenvalue weighted by atomic mass is 10.2. The molecule has 2 N–H and O–H groups in total. The van der Waals surface area contributed by atoms with Crippen LogP contribution >= 0.6 is 23.2 Å². The number of nitrogen functional groups attached to an aromatic ring is 1. The highest BCUT2D eigenvalue weighted by Gasteiger charge is 2.16. The van der Waals surface area contributed by atoms with E-state index in [-0.39, 0.29) is 5.89 Å². The minimum atomic E-state index is 0.285. The quantitative estimate of drug-likeness (QED) is 0.717. The van der Waals surface area contributed by atoms with Crippen LogP contribution in [-0.2, 0) is 0 Å². The van der Waals surface area contributed by atoms with Crippen molar-refractivity contribution < 1.29 is 4.42 Å². The van der Waals surface area contributed by atoms with Gasteiger partial charge in [0.15, 0.2) is 0 Å². The van der Waals surface area contributed by atoms with Gasteiger partial charge in [-0.15, -0.1) is 10.2 Å². The molecule has 0 saturated carbocycles. The largest absolute Gasteiger partial charge is 0.416 e. The van der Waals surface area contributed by atoms with Crippen molar-refractivity contribution in [2.75, 3.05) is 5.73 Å². The molecule has 20 heavy (non-hydrogen) atoms. The summed E-state index contributed by atoms with van der Waals surface area (Å²) in [5.41, 5.74) is 7.62. The van der Waals surface area contributed by atoms with Crippen LogP contribution in [0.1, 0.15) is 0 Å². The van der Waals surface area contributed by atoms with Crippen molar-refractivity contribution in [1.82, 2.24) is 10.2 Å². The third-order valence-corrected chi connectivity index (χ3v) is 3.39. The standard InChI is InChI=1S/C14H9Cl2N3O/c15-10-2-1-3-11(16)12(10)14-19-18-13(20-14)8-4-6-9(17)7-5-8/h1-7H,17H2. The summed E-state index contributed by atoms with van der Waals surface area (Å²) in [6.07, 6.45) is 0. The van der Waals surface area contributed by atoms with Crippen LogP contribution < -0.4 is 5.73 Å². The van der Waals surface area contributed by atoms with Crippen molar-refractivity contribution >= 4 is 28.9 Å². The minimum absolute atomic E-state index is 0.285. The van der Waals surface area contributed by atoms with E-state index in [2.05, 4.69) is 10.2 Å². The number of aromatic nitrogens is 2. The van der Waals surface area contributed by atoms with Crippen LogP contribution in [0.5, 0.6) is 0 Å². The fourth-order valence-electron chi connectivity index (χ4n) is 1.77. The molecule has 0 aliphatic heterocycles. The Morgan fingerprint density at radius 1 is 0.850 bits per heavy atom. The molecule has 3 rings (SSSR count). The summed E-state index contributed by atoms with van der Waals surface area (Å²) in [6, 6.07) is 12.3. The highest BCUT2D eigenvalue weighted by molar-refractivity contribution is 6.38. The third-order valence-electron chi connectivity index (χ3n) is 2.76. The van der Waals surface area contributed by atoms with Crippen molar-refractivity contribution in [3.63, 3.8) is 0 Å². The number of anilines is 1. The molecule has 1 heterocycles. The summed E-state index contributed by atoms with van der Waals surface area (Å²) in [5.74, 6) is 0.670. The second-order valence-corrected chi connectivity index (χ2v) is 4.95. The van der Waals surface area contributed by atoms with Crippen molar-refractivity contribution in [1.29, 1.82) is 0 Å². The van der Waals surface area contributed by atoms with Gasteiger partial charge in [-0.2, -0.15) is 0 Å². The summed E-state index contributed by atoms with van der Waals surface area (Å²) >= 11 is 12.2. The maximum absolute atomic E-state index is 6.11. The van der Waals surface area contributed by atoms with E-state index in [1.54, 1.807) is 42.5 Å². The summed E-state index contributed by atoms with van der Waals surface area (Å²) < 4.78 is 5.63. The molecular formula is C14H9Cl2N3O. The van der Waals surface area contributed by atoms with Crippen molar-refractivity contribution in [2.24, 2.45) is 0 Å². The maximum Gasteiger partial charge on any atom is 0.251 e. The number of hydrogen-bond acceptors (Lipinski definition) is 4. The molecule has 0 radical (unpaired) electrons. The summed E-state index contributed by atoms with van der Waals surface area (Å²) in [7, 11) is 0. The molecule has 0 bridgehead atoms. The molecule has 0 aliphatic rings.